The standard InChI is InChI=1S/C19H13ClFN3OS2/c20-17-7-5-14(26-17)10-18(25)24(11-13-3-1-2-8-22-13)19-23-15-6-4-12(21)9-16(15)27-19/h1-9H,10-11H2. The van der Waals surface area contributed by atoms with Gasteiger partial charge in [0.25, 0.3) is 0 Å². The van der Waals surface area contributed by atoms with Gasteiger partial charge in [0.1, 0.15) is 5.82 Å². The van der Waals surface area contributed by atoms with Gasteiger partial charge in [0.05, 0.1) is 33.2 Å². The number of aromatic nitrogens is 2. The van der Waals surface area contributed by atoms with Gasteiger partial charge in [-0.15, -0.1) is 11.3 Å². The predicted molar refractivity (Wildman–Crippen MR) is 108 cm³/mol. The molecule has 1 aromatic carbocycles. The molecule has 0 radical (unpaired) electrons. The van der Waals surface area contributed by atoms with Gasteiger partial charge in [0.2, 0.25) is 5.91 Å². The SMILES string of the molecule is O=C(Cc1ccc(Cl)s1)N(Cc1ccccn1)c1nc2ccc(F)cc2s1. The Morgan fingerprint density at radius 1 is 1.15 bits per heavy atom. The molecule has 4 nitrogen and oxygen atoms in total. The van der Waals surface area contributed by atoms with Crippen molar-refractivity contribution in [3.05, 3.63) is 75.5 Å². The highest BCUT2D eigenvalue weighted by atomic mass is 35.5. The predicted octanol–water partition coefficient (Wildman–Crippen LogP) is 5.32. The number of nitrogens with zero attached hydrogens (tertiary/aromatic N) is 3. The molecule has 3 heterocycles. The number of hydrogen-bond donors (Lipinski definition) is 0. The molecule has 4 rings (SSSR count). The fourth-order valence-electron chi connectivity index (χ4n) is 2.61. The molecule has 4 aromatic rings. The van der Waals surface area contributed by atoms with Crippen LogP contribution in [0.3, 0.4) is 0 Å². The molecule has 0 aliphatic rings. The number of fused-ring (bicyclic) bond motifs is 1. The molecule has 136 valence electrons. The summed E-state index contributed by atoms with van der Waals surface area (Å²) in [5.41, 5.74) is 1.41. The maximum absolute atomic E-state index is 13.5. The van der Waals surface area contributed by atoms with E-state index in [1.807, 2.05) is 24.3 Å². The van der Waals surface area contributed by atoms with Gasteiger partial charge in [-0.25, -0.2) is 9.37 Å². The molecule has 27 heavy (non-hydrogen) atoms. The maximum atomic E-state index is 13.5. The molecule has 1 amide bonds. The fraction of sp³-hybridized carbons (Fsp3) is 0.105. The quantitative estimate of drug-likeness (QED) is 0.441. The van der Waals surface area contributed by atoms with Crippen molar-refractivity contribution in [1.29, 1.82) is 0 Å². The zero-order chi connectivity index (χ0) is 18.8. The van der Waals surface area contributed by atoms with E-state index in [0.29, 0.717) is 26.2 Å². The number of benzene rings is 1. The first-order chi connectivity index (χ1) is 13.1. The van der Waals surface area contributed by atoms with E-state index in [4.69, 9.17) is 11.6 Å². The van der Waals surface area contributed by atoms with Gasteiger partial charge in [-0.1, -0.05) is 29.0 Å². The van der Waals surface area contributed by atoms with Gasteiger partial charge in [-0.2, -0.15) is 0 Å². The number of thiophene rings is 1. The summed E-state index contributed by atoms with van der Waals surface area (Å²) in [7, 11) is 0. The van der Waals surface area contributed by atoms with E-state index in [9.17, 15) is 9.18 Å². The summed E-state index contributed by atoms with van der Waals surface area (Å²) >= 11 is 8.64. The molecule has 8 heteroatoms. The largest absolute Gasteiger partial charge is 0.282 e. The minimum Gasteiger partial charge on any atom is -0.282 e. The van der Waals surface area contributed by atoms with Gasteiger partial charge in [0, 0.05) is 11.1 Å². The van der Waals surface area contributed by atoms with Crippen molar-refractivity contribution < 1.29 is 9.18 Å². The van der Waals surface area contributed by atoms with Crippen molar-refractivity contribution in [3.8, 4) is 0 Å². The highest BCUT2D eigenvalue weighted by Gasteiger charge is 2.21. The second-order valence-corrected chi connectivity index (χ2v) is 8.60. The zero-order valence-electron chi connectivity index (χ0n) is 13.9. The molecule has 0 fully saturated rings. The lowest BCUT2D eigenvalue weighted by Gasteiger charge is -2.19. The van der Waals surface area contributed by atoms with Crippen LogP contribution >= 0.6 is 34.3 Å². The summed E-state index contributed by atoms with van der Waals surface area (Å²) < 4.78 is 14.9. The third-order valence-corrected chi connectivity index (χ3v) is 6.14. The van der Waals surface area contributed by atoms with Crippen LogP contribution in [0.4, 0.5) is 9.52 Å². The van der Waals surface area contributed by atoms with Crippen molar-refractivity contribution in [2.75, 3.05) is 4.90 Å². The number of carbonyl (C=O) groups excluding carboxylic acids is 1. The van der Waals surface area contributed by atoms with Gasteiger partial charge < -0.3 is 0 Å². The number of pyridine rings is 1. The van der Waals surface area contributed by atoms with Crippen LogP contribution in [0.5, 0.6) is 0 Å². The average molecular weight is 418 g/mol. The number of carbonyl (C=O) groups is 1. The van der Waals surface area contributed by atoms with Crippen molar-refractivity contribution in [3.63, 3.8) is 0 Å². The lowest BCUT2D eigenvalue weighted by atomic mass is 10.3. The Labute approximate surface area is 167 Å². The zero-order valence-corrected chi connectivity index (χ0v) is 16.3. The first kappa shape index (κ1) is 18.0. The van der Waals surface area contributed by atoms with Crippen LogP contribution in [0.1, 0.15) is 10.6 Å². The van der Waals surface area contributed by atoms with Crippen molar-refractivity contribution >= 4 is 55.5 Å². The summed E-state index contributed by atoms with van der Waals surface area (Å²) in [6.07, 6.45) is 1.90. The van der Waals surface area contributed by atoms with Crippen molar-refractivity contribution in [1.82, 2.24) is 9.97 Å². The highest BCUT2D eigenvalue weighted by Crippen LogP contribution is 2.31. The Bertz CT molecular complexity index is 1100. The second kappa shape index (κ2) is 7.72. The Morgan fingerprint density at radius 2 is 2.04 bits per heavy atom. The van der Waals surface area contributed by atoms with E-state index in [2.05, 4.69) is 9.97 Å². The number of rotatable bonds is 5. The minimum absolute atomic E-state index is 0.112. The number of amides is 1. The summed E-state index contributed by atoms with van der Waals surface area (Å²) in [6, 6.07) is 13.6. The van der Waals surface area contributed by atoms with Crippen LogP contribution in [-0.4, -0.2) is 15.9 Å². The number of anilines is 1. The molecule has 0 aliphatic heterocycles. The first-order valence-electron chi connectivity index (χ1n) is 8.09. The van der Waals surface area contributed by atoms with Gasteiger partial charge >= 0.3 is 0 Å². The Morgan fingerprint density at radius 3 is 2.78 bits per heavy atom. The van der Waals surface area contributed by atoms with E-state index >= 15 is 0 Å². The molecule has 0 saturated carbocycles. The van der Waals surface area contributed by atoms with Crippen LogP contribution in [0.15, 0.2) is 54.7 Å². The summed E-state index contributed by atoms with van der Waals surface area (Å²) in [4.78, 5) is 24.3. The third kappa shape index (κ3) is 4.16. The van der Waals surface area contributed by atoms with E-state index in [1.165, 1.54) is 34.8 Å². The van der Waals surface area contributed by atoms with Crippen LogP contribution < -0.4 is 4.90 Å². The van der Waals surface area contributed by atoms with Crippen molar-refractivity contribution in [2.45, 2.75) is 13.0 Å². The second-order valence-electron chi connectivity index (χ2n) is 5.79. The fourth-order valence-corrected chi connectivity index (χ4v) is 4.69. The van der Waals surface area contributed by atoms with Crippen molar-refractivity contribution in [2.24, 2.45) is 0 Å². The van der Waals surface area contributed by atoms with Gasteiger partial charge in [0.15, 0.2) is 5.13 Å². The molecular weight excluding hydrogens is 405 g/mol. The van der Waals surface area contributed by atoms with Crippen LogP contribution in [0, 0.1) is 5.82 Å². The van der Waals surface area contributed by atoms with E-state index in [1.54, 1.807) is 23.2 Å². The highest BCUT2D eigenvalue weighted by molar-refractivity contribution is 7.22. The van der Waals surface area contributed by atoms with E-state index in [-0.39, 0.29) is 18.1 Å². The van der Waals surface area contributed by atoms with Gasteiger partial charge in [-0.05, 0) is 42.5 Å². The summed E-state index contributed by atoms with van der Waals surface area (Å²) in [6.45, 7) is 0.293. The Balaban J connectivity index is 1.68. The molecule has 0 aliphatic carbocycles. The Kier molecular flexibility index (Phi) is 5.15. The van der Waals surface area contributed by atoms with Crippen LogP contribution in [-0.2, 0) is 17.8 Å². The minimum atomic E-state index is -0.325. The lowest BCUT2D eigenvalue weighted by molar-refractivity contribution is -0.118. The molecular formula is C19H13ClFN3OS2. The Hall–Kier alpha value is -2.35. The average Bonchev–Trinajstić information content (AvgIpc) is 3.25. The van der Waals surface area contributed by atoms with Gasteiger partial charge in [-0.3, -0.25) is 14.7 Å². The normalized spacial score (nSPS) is 11.0. The maximum Gasteiger partial charge on any atom is 0.234 e. The molecule has 0 bridgehead atoms. The number of halogens is 2. The summed E-state index contributed by atoms with van der Waals surface area (Å²) in [5, 5.41) is 0.522. The smallest absolute Gasteiger partial charge is 0.234 e. The molecule has 3 aromatic heterocycles. The molecule has 0 spiro atoms. The third-order valence-electron chi connectivity index (χ3n) is 3.87. The monoisotopic (exact) mass is 417 g/mol. The molecule has 0 atom stereocenters. The van der Waals surface area contributed by atoms with E-state index in [0.717, 1.165) is 10.6 Å². The number of hydrogen-bond acceptors (Lipinski definition) is 5. The summed E-state index contributed by atoms with van der Waals surface area (Å²) in [5.74, 6) is -0.438. The first-order valence-corrected chi connectivity index (χ1v) is 10.1. The number of thiazole rings is 1. The van der Waals surface area contributed by atoms with E-state index < -0.39 is 0 Å². The molecule has 0 unspecified atom stereocenters. The van der Waals surface area contributed by atoms with Crippen LogP contribution in [0.25, 0.3) is 10.2 Å². The van der Waals surface area contributed by atoms with Crippen LogP contribution in [0.2, 0.25) is 4.34 Å². The lowest BCUT2D eigenvalue weighted by Crippen LogP contribution is -2.31. The topological polar surface area (TPSA) is 46.1 Å². The molecule has 0 N–H and O–H groups in total. The molecule has 0 saturated heterocycles.